The molecular formula is C24H37ClO14. The van der Waals surface area contributed by atoms with E-state index >= 15 is 0 Å². The second-order valence-electron chi connectivity index (χ2n) is 8.43. The molecule has 0 saturated carbocycles. The quantitative estimate of drug-likeness (QED) is 0.0936. The van der Waals surface area contributed by atoms with E-state index < -0.39 is 78.3 Å². The van der Waals surface area contributed by atoms with Crippen LogP contribution in [0.3, 0.4) is 0 Å². The summed E-state index contributed by atoms with van der Waals surface area (Å²) in [6, 6.07) is 0. The third-order valence-corrected chi connectivity index (χ3v) is 5.78. The average molecular weight is 585 g/mol. The number of esters is 5. The Morgan fingerprint density at radius 1 is 0.846 bits per heavy atom. The Bertz CT molecular complexity index is 851. The molecule has 1 aliphatic heterocycles. The summed E-state index contributed by atoms with van der Waals surface area (Å²) in [6.45, 7) is 7.17. The van der Waals surface area contributed by atoms with Crippen LogP contribution in [0, 0.1) is 0 Å². The third kappa shape index (κ3) is 10.9. The van der Waals surface area contributed by atoms with Gasteiger partial charge in [-0.1, -0.05) is 0 Å². The zero-order chi connectivity index (χ0) is 29.8. The first-order valence-corrected chi connectivity index (χ1v) is 12.7. The number of alkyl halides is 1. The highest BCUT2D eigenvalue weighted by atomic mass is 35.5. The molecule has 1 heterocycles. The Hall–Kier alpha value is -2.52. The second-order valence-corrected chi connectivity index (χ2v) is 9.11. The number of ether oxygens (including phenoxy) is 8. The maximum Gasteiger partial charge on any atom is 0.332 e. The van der Waals surface area contributed by atoms with Crippen molar-refractivity contribution in [1.82, 2.24) is 0 Å². The van der Waals surface area contributed by atoms with Gasteiger partial charge in [0.1, 0.15) is 12.7 Å². The van der Waals surface area contributed by atoms with Crippen LogP contribution in [0.1, 0.15) is 54.4 Å². The molecule has 0 spiro atoms. The fourth-order valence-corrected chi connectivity index (χ4v) is 3.97. The Labute approximate surface area is 231 Å². The van der Waals surface area contributed by atoms with Crippen molar-refractivity contribution in [2.75, 3.05) is 26.4 Å². The molecule has 0 aliphatic carbocycles. The van der Waals surface area contributed by atoms with Crippen LogP contribution < -0.4 is 0 Å². The molecule has 1 fully saturated rings. The summed E-state index contributed by atoms with van der Waals surface area (Å²) < 4.78 is 42.6. The van der Waals surface area contributed by atoms with Gasteiger partial charge in [0.25, 0.3) is 0 Å². The summed E-state index contributed by atoms with van der Waals surface area (Å²) in [5.74, 6) is -3.88. The minimum Gasteiger partial charge on any atom is -0.465 e. The molecule has 7 unspecified atom stereocenters. The summed E-state index contributed by atoms with van der Waals surface area (Å²) in [5, 5.41) is 10.3. The molecule has 0 aromatic carbocycles. The molecule has 224 valence electrons. The van der Waals surface area contributed by atoms with Crippen molar-refractivity contribution in [3.8, 4) is 0 Å². The van der Waals surface area contributed by atoms with E-state index in [0.29, 0.717) is 0 Å². The van der Waals surface area contributed by atoms with Gasteiger partial charge >= 0.3 is 29.8 Å². The number of aliphatic hydroxyl groups excluding tert-OH is 1. The largest absolute Gasteiger partial charge is 0.465 e. The molecule has 1 N–H and O–H groups in total. The lowest BCUT2D eigenvalue weighted by molar-refractivity contribution is -0.308. The maximum absolute atomic E-state index is 12.4. The molecule has 7 atom stereocenters. The third-order valence-electron chi connectivity index (χ3n) is 5.25. The summed E-state index contributed by atoms with van der Waals surface area (Å²) in [5.41, 5.74) is 0. The van der Waals surface area contributed by atoms with Gasteiger partial charge in [0.05, 0.1) is 6.61 Å². The zero-order valence-corrected chi connectivity index (χ0v) is 23.6. The number of halogens is 1. The Kier molecular flexibility index (Phi) is 14.6. The van der Waals surface area contributed by atoms with E-state index in [1.807, 2.05) is 0 Å². The van der Waals surface area contributed by atoms with Gasteiger partial charge in [-0.05, 0) is 26.7 Å². The monoisotopic (exact) mass is 584 g/mol. The van der Waals surface area contributed by atoms with Gasteiger partial charge in [0, 0.05) is 40.9 Å². The molecule has 14 nitrogen and oxygen atoms in total. The topological polar surface area (TPSA) is 179 Å². The first kappa shape index (κ1) is 34.5. The van der Waals surface area contributed by atoms with Gasteiger partial charge in [-0.3, -0.25) is 19.2 Å². The van der Waals surface area contributed by atoms with Gasteiger partial charge in [-0.2, -0.15) is 0 Å². The molecule has 0 aromatic rings. The molecular weight excluding hydrogens is 548 g/mol. The van der Waals surface area contributed by atoms with Crippen molar-refractivity contribution < 1.29 is 67.0 Å². The van der Waals surface area contributed by atoms with Crippen LogP contribution in [0.4, 0.5) is 0 Å². The maximum atomic E-state index is 12.4. The van der Waals surface area contributed by atoms with Crippen molar-refractivity contribution in [2.45, 2.75) is 96.3 Å². The van der Waals surface area contributed by atoms with Crippen LogP contribution in [0.25, 0.3) is 0 Å². The SMILES string of the molecule is CCOC(=O)C(Cl)(CCCOC1OC(COC(C)=O)C(OC(C)=O)C(OC(C)=O)C1OC(C)=O)C(O)OCC. The van der Waals surface area contributed by atoms with Gasteiger partial charge in [0.2, 0.25) is 0 Å². The minimum atomic E-state index is -1.93. The fraction of sp³-hybridized carbons (Fsp3) is 0.792. The normalized spacial score (nSPS) is 25.0. The number of carbonyl (C=O) groups is 5. The molecule has 1 aliphatic rings. The molecule has 1 saturated heterocycles. The van der Waals surface area contributed by atoms with E-state index in [-0.39, 0.29) is 32.7 Å². The van der Waals surface area contributed by atoms with Crippen molar-refractivity contribution >= 4 is 41.4 Å². The molecule has 1 rings (SSSR count). The van der Waals surface area contributed by atoms with E-state index in [2.05, 4.69) is 0 Å². The highest BCUT2D eigenvalue weighted by Crippen LogP contribution is 2.32. The lowest BCUT2D eigenvalue weighted by Gasteiger charge is -2.44. The predicted molar refractivity (Wildman–Crippen MR) is 130 cm³/mol. The average Bonchev–Trinajstić information content (AvgIpc) is 2.83. The van der Waals surface area contributed by atoms with Gasteiger partial charge in [-0.15, -0.1) is 11.6 Å². The number of carbonyl (C=O) groups excluding carboxylic acids is 5. The van der Waals surface area contributed by atoms with E-state index in [1.165, 1.54) is 0 Å². The van der Waals surface area contributed by atoms with Gasteiger partial charge in [-0.25, -0.2) is 4.79 Å². The summed E-state index contributed by atoms with van der Waals surface area (Å²) in [7, 11) is 0. The Balaban J connectivity index is 3.18. The van der Waals surface area contributed by atoms with Crippen LogP contribution >= 0.6 is 11.6 Å². The molecule has 39 heavy (non-hydrogen) atoms. The van der Waals surface area contributed by atoms with E-state index in [4.69, 9.17) is 49.5 Å². The van der Waals surface area contributed by atoms with Crippen molar-refractivity contribution in [3.63, 3.8) is 0 Å². The molecule has 0 bridgehead atoms. The molecule has 0 amide bonds. The summed E-state index contributed by atoms with van der Waals surface area (Å²) >= 11 is 6.40. The first-order chi connectivity index (χ1) is 18.3. The summed E-state index contributed by atoms with van der Waals surface area (Å²) in [4.78, 5) is 57.5. The van der Waals surface area contributed by atoms with Crippen molar-refractivity contribution in [3.05, 3.63) is 0 Å². The van der Waals surface area contributed by atoms with Crippen LogP contribution in [0.15, 0.2) is 0 Å². The highest BCUT2D eigenvalue weighted by Gasteiger charge is 2.53. The minimum absolute atomic E-state index is 0.0212. The van der Waals surface area contributed by atoms with Gasteiger partial charge < -0.3 is 43.0 Å². The lowest BCUT2D eigenvalue weighted by atomic mass is 9.98. The van der Waals surface area contributed by atoms with E-state index in [0.717, 1.165) is 27.7 Å². The zero-order valence-electron chi connectivity index (χ0n) is 22.8. The Morgan fingerprint density at radius 3 is 1.92 bits per heavy atom. The van der Waals surface area contributed by atoms with Crippen LogP contribution in [0.2, 0.25) is 0 Å². The van der Waals surface area contributed by atoms with Crippen LogP contribution in [-0.2, 0) is 61.9 Å². The fourth-order valence-electron chi connectivity index (χ4n) is 3.72. The molecule has 15 heteroatoms. The standard InChI is InChI=1S/C24H37ClO14/c1-7-32-22(30)24(25,23(31)33-8-2)10-9-11-34-21-20(38-16(6)29)19(37-15(5)28)18(36-14(4)27)17(39-21)12-35-13(3)26/h17-22,30H,7-12H2,1-6H3. The highest BCUT2D eigenvalue weighted by molar-refractivity contribution is 6.34. The van der Waals surface area contributed by atoms with Crippen molar-refractivity contribution in [2.24, 2.45) is 0 Å². The van der Waals surface area contributed by atoms with Gasteiger partial charge in [0.15, 0.2) is 35.8 Å². The molecule has 0 radical (unpaired) electrons. The smallest absolute Gasteiger partial charge is 0.332 e. The van der Waals surface area contributed by atoms with Crippen LogP contribution in [0.5, 0.6) is 0 Å². The number of aliphatic hydroxyl groups is 1. The molecule has 0 aromatic heterocycles. The van der Waals surface area contributed by atoms with Crippen LogP contribution in [-0.4, -0.2) is 103 Å². The predicted octanol–water partition coefficient (Wildman–Crippen LogP) is 0.762. The Morgan fingerprint density at radius 2 is 1.41 bits per heavy atom. The first-order valence-electron chi connectivity index (χ1n) is 12.3. The number of hydrogen-bond acceptors (Lipinski definition) is 14. The van der Waals surface area contributed by atoms with Crippen molar-refractivity contribution in [1.29, 1.82) is 0 Å². The summed E-state index contributed by atoms with van der Waals surface area (Å²) in [6.07, 6.45) is -8.45. The number of rotatable bonds is 15. The second kappa shape index (κ2) is 16.6. The lowest BCUT2D eigenvalue weighted by Crippen LogP contribution is -2.63. The number of hydrogen-bond donors (Lipinski definition) is 1. The van der Waals surface area contributed by atoms with E-state index in [1.54, 1.807) is 13.8 Å². The van der Waals surface area contributed by atoms with E-state index in [9.17, 15) is 29.1 Å².